The van der Waals surface area contributed by atoms with Gasteiger partial charge in [-0.1, -0.05) is 6.07 Å². The fourth-order valence-corrected chi connectivity index (χ4v) is 2.98. The summed E-state index contributed by atoms with van der Waals surface area (Å²) in [7, 11) is 1.48. The van der Waals surface area contributed by atoms with Crippen molar-refractivity contribution in [3.8, 4) is 0 Å². The molecular weight excluding hydrogens is 274 g/mol. The van der Waals surface area contributed by atoms with Crippen molar-refractivity contribution < 1.29 is 13.2 Å². The SMILES string of the molecule is CC1CCCN1C(=O)c1cccc(S(=O)(=O)Cl)c1. The summed E-state index contributed by atoms with van der Waals surface area (Å²) in [6, 6.07) is 6.05. The van der Waals surface area contributed by atoms with Crippen molar-refractivity contribution in [2.24, 2.45) is 0 Å². The zero-order chi connectivity index (χ0) is 13.3. The van der Waals surface area contributed by atoms with Gasteiger partial charge in [-0.15, -0.1) is 0 Å². The van der Waals surface area contributed by atoms with Crippen molar-refractivity contribution in [3.63, 3.8) is 0 Å². The van der Waals surface area contributed by atoms with Crippen LogP contribution >= 0.6 is 10.7 Å². The monoisotopic (exact) mass is 287 g/mol. The highest BCUT2D eigenvalue weighted by molar-refractivity contribution is 8.13. The fraction of sp³-hybridized carbons (Fsp3) is 0.417. The number of benzene rings is 1. The van der Waals surface area contributed by atoms with Gasteiger partial charge in [0, 0.05) is 28.8 Å². The van der Waals surface area contributed by atoms with Crippen LogP contribution in [-0.2, 0) is 9.05 Å². The molecule has 1 aromatic rings. The number of hydrogen-bond donors (Lipinski definition) is 0. The highest BCUT2D eigenvalue weighted by atomic mass is 35.7. The van der Waals surface area contributed by atoms with Gasteiger partial charge in [0.15, 0.2) is 0 Å². The first-order chi connectivity index (χ1) is 8.39. The Morgan fingerprint density at radius 2 is 2.17 bits per heavy atom. The first-order valence-electron chi connectivity index (χ1n) is 5.75. The Kier molecular flexibility index (Phi) is 3.64. The number of nitrogens with zero attached hydrogens (tertiary/aromatic N) is 1. The molecule has 0 saturated carbocycles. The van der Waals surface area contributed by atoms with Crippen LogP contribution in [0.1, 0.15) is 30.1 Å². The van der Waals surface area contributed by atoms with E-state index in [0.717, 1.165) is 19.4 Å². The summed E-state index contributed by atoms with van der Waals surface area (Å²) in [6.45, 7) is 2.71. The van der Waals surface area contributed by atoms with Gasteiger partial charge in [-0.3, -0.25) is 4.79 Å². The smallest absolute Gasteiger partial charge is 0.261 e. The van der Waals surface area contributed by atoms with Crippen LogP contribution in [0, 0.1) is 0 Å². The third kappa shape index (κ3) is 2.67. The number of hydrogen-bond acceptors (Lipinski definition) is 3. The maximum atomic E-state index is 12.2. The molecule has 0 aliphatic carbocycles. The van der Waals surface area contributed by atoms with E-state index in [1.54, 1.807) is 11.0 Å². The summed E-state index contributed by atoms with van der Waals surface area (Å²) >= 11 is 0. The van der Waals surface area contributed by atoms with Crippen LogP contribution in [0.2, 0.25) is 0 Å². The normalized spacial score (nSPS) is 20.1. The molecule has 2 rings (SSSR count). The Morgan fingerprint density at radius 3 is 2.72 bits per heavy atom. The van der Waals surface area contributed by atoms with Crippen LogP contribution in [0.5, 0.6) is 0 Å². The van der Waals surface area contributed by atoms with Crippen LogP contribution in [-0.4, -0.2) is 31.8 Å². The quantitative estimate of drug-likeness (QED) is 0.784. The molecule has 6 heteroatoms. The van der Waals surface area contributed by atoms with Crippen molar-refractivity contribution in [2.75, 3.05) is 6.54 Å². The summed E-state index contributed by atoms with van der Waals surface area (Å²) in [5.74, 6) is -0.137. The predicted molar refractivity (Wildman–Crippen MR) is 69.2 cm³/mol. The fourth-order valence-electron chi connectivity index (χ4n) is 2.18. The van der Waals surface area contributed by atoms with E-state index in [1.807, 2.05) is 6.92 Å². The Bertz CT molecular complexity index is 570. The van der Waals surface area contributed by atoms with Crippen LogP contribution in [0.3, 0.4) is 0 Å². The largest absolute Gasteiger partial charge is 0.336 e. The number of halogens is 1. The van der Waals surface area contributed by atoms with Gasteiger partial charge < -0.3 is 4.90 Å². The standard InChI is InChI=1S/C12H14ClNO3S/c1-9-4-3-7-14(9)12(15)10-5-2-6-11(8-10)18(13,16)17/h2,5-6,8-9H,3-4,7H2,1H3. The van der Waals surface area contributed by atoms with E-state index in [9.17, 15) is 13.2 Å². The van der Waals surface area contributed by atoms with Gasteiger partial charge in [0.05, 0.1) is 4.90 Å². The second-order valence-corrected chi connectivity index (χ2v) is 7.02. The van der Waals surface area contributed by atoms with Crippen molar-refractivity contribution in [2.45, 2.75) is 30.7 Å². The van der Waals surface area contributed by atoms with E-state index in [1.165, 1.54) is 18.2 Å². The van der Waals surface area contributed by atoms with E-state index in [2.05, 4.69) is 0 Å². The summed E-state index contributed by atoms with van der Waals surface area (Å²) in [5.41, 5.74) is 0.366. The third-order valence-corrected chi connectivity index (χ3v) is 4.53. The van der Waals surface area contributed by atoms with E-state index in [4.69, 9.17) is 10.7 Å². The van der Waals surface area contributed by atoms with Crippen molar-refractivity contribution in [3.05, 3.63) is 29.8 Å². The second-order valence-electron chi connectivity index (χ2n) is 4.46. The van der Waals surface area contributed by atoms with Gasteiger partial charge in [-0.25, -0.2) is 8.42 Å². The van der Waals surface area contributed by atoms with E-state index in [0.29, 0.717) is 5.56 Å². The maximum Gasteiger partial charge on any atom is 0.261 e. The number of carbonyl (C=O) groups is 1. The zero-order valence-electron chi connectivity index (χ0n) is 9.97. The van der Waals surface area contributed by atoms with Crippen molar-refractivity contribution >= 4 is 25.6 Å². The molecule has 1 unspecified atom stereocenters. The first-order valence-corrected chi connectivity index (χ1v) is 8.06. The topological polar surface area (TPSA) is 54.5 Å². The first kappa shape index (κ1) is 13.4. The van der Waals surface area contributed by atoms with Crippen LogP contribution in [0.15, 0.2) is 29.2 Å². The molecule has 1 heterocycles. The molecule has 1 fully saturated rings. The second kappa shape index (κ2) is 4.90. The van der Waals surface area contributed by atoms with Gasteiger partial charge in [0.25, 0.3) is 15.0 Å². The molecule has 98 valence electrons. The summed E-state index contributed by atoms with van der Waals surface area (Å²) in [4.78, 5) is 13.9. The van der Waals surface area contributed by atoms with Crippen molar-refractivity contribution in [1.82, 2.24) is 4.90 Å². The van der Waals surface area contributed by atoms with Gasteiger partial charge in [-0.2, -0.15) is 0 Å². The maximum absolute atomic E-state index is 12.2. The Morgan fingerprint density at radius 1 is 1.44 bits per heavy atom. The number of rotatable bonds is 2. The number of carbonyl (C=O) groups excluding carboxylic acids is 1. The van der Waals surface area contributed by atoms with E-state index >= 15 is 0 Å². The lowest BCUT2D eigenvalue weighted by Crippen LogP contribution is -2.33. The lowest BCUT2D eigenvalue weighted by molar-refractivity contribution is 0.0747. The molecule has 1 atom stereocenters. The molecule has 1 saturated heterocycles. The van der Waals surface area contributed by atoms with Gasteiger partial charge in [0.1, 0.15) is 0 Å². The van der Waals surface area contributed by atoms with Crippen LogP contribution < -0.4 is 0 Å². The molecule has 1 aliphatic rings. The minimum absolute atomic E-state index is 0.0399. The van der Waals surface area contributed by atoms with E-state index < -0.39 is 9.05 Å². The van der Waals surface area contributed by atoms with E-state index in [-0.39, 0.29) is 16.8 Å². The molecule has 18 heavy (non-hydrogen) atoms. The van der Waals surface area contributed by atoms with Gasteiger partial charge >= 0.3 is 0 Å². The highest BCUT2D eigenvalue weighted by Crippen LogP contribution is 2.22. The third-order valence-electron chi connectivity index (χ3n) is 3.18. The lowest BCUT2D eigenvalue weighted by atomic mass is 10.2. The average molecular weight is 288 g/mol. The highest BCUT2D eigenvalue weighted by Gasteiger charge is 2.26. The summed E-state index contributed by atoms with van der Waals surface area (Å²) < 4.78 is 22.5. The van der Waals surface area contributed by atoms with Crippen LogP contribution in [0.4, 0.5) is 0 Å². The molecule has 1 aliphatic heterocycles. The average Bonchev–Trinajstić information content (AvgIpc) is 2.73. The Balaban J connectivity index is 2.31. The Labute approximate surface area is 111 Å². The molecule has 1 amide bonds. The van der Waals surface area contributed by atoms with Gasteiger partial charge in [0.2, 0.25) is 0 Å². The predicted octanol–water partition coefficient (Wildman–Crippen LogP) is 2.24. The minimum Gasteiger partial charge on any atom is -0.336 e. The minimum atomic E-state index is -3.79. The molecule has 1 aromatic carbocycles. The van der Waals surface area contributed by atoms with Crippen LogP contribution in [0.25, 0.3) is 0 Å². The zero-order valence-corrected chi connectivity index (χ0v) is 11.5. The molecule has 0 radical (unpaired) electrons. The Hall–Kier alpha value is -1.07. The molecule has 0 spiro atoms. The molecule has 0 aromatic heterocycles. The molecule has 4 nitrogen and oxygen atoms in total. The summed E-state index contributed by atoms with van der Waals surface area (Å²) in [6.07, 6.45) is 1.97. The number of likely N-dealkylation sites (tertiary alicyclic amines) is 1. The molecular formula is C12H14ClNO3S. The molecule has 0 N–H and O–H groups in total. The molecule has 0 bridgehead atoms. The summed E-state index contributed by atoms with van der Waals surface area (Å²) in [5, 5.41) is 0. The van der Waals surface area contributed by atoms with Gasteiger partial charge in [-0.05, 0) is 38.0 Å². The van der Waals surface area contributed by atoms with Crippen molar-refractivity contribution in [1.29, 1.82) is 0 Å². The number of amides is 1. The lowest BCUT2D eigenvalue weighted by Gasteiger charge is -2.21.